The van der Waals surface area contributed by atoms with Gasteiger partial charge in [-0.05, 0) is 6.42 Å². The monoisotopic (exact) mass is 159 g/mol. The molecule has 0 unspecified atom stereocenters. The fourth-order valence-corrected chi connectivity index (χ4v) is 0.554. The fraction of sp³-hybridized carbons (Fsp3) is 0.875. The van der Waals surface area contributed by atoms with E-state index in [0.29, 0.717) is 19.2 Å². The average molecular weight is 159 g/mol. The molecule has 0 spiro atoms. The second-order valence-electron chi connectivity index (χ2n) is 2.76. The van der Waals surface area contributed by atoms with Gasteiger partial charge in [0.1, 0.15) is 0 Å². The van der Waals surface area contributed by atoms with Crippen LogP contribution < -0.4 is 5.32 Å². The molecule has 1 N–H and O–H groups in total. The number of carbonyl (C=O) groups is 1. The molecule has 0 aromatic carbocycles. The molecular formula is C8H17NO2. The number of carbonyl (C=O) groups excluding carboxylic acids is 1. The van der Waals surface area contributed by atoms with E-state index in [2.05, 4.69) is 5.32 Å². The van der Waals surface area contributed by atoms with Crippen LogP contribution in [0.1, 0.15) is 27.2 Å². The lowest BCUT2D eigenvalue weighted by Crippen LogP contribution is -2.30. The molecule has 0 aliphatic carbocycles. The Morgan fingerprint density at radius 1 is 1.55 bits per heavy atom. The maximum absolute atomic E-state index is 10.8. The Labute approximate surface area is 68.1 Å². The Balaban J connectivity index is 3.23. The Kier molecular flexibility index (Phi) is 5.84. The molecule has 0 atom stereocenters. The van der Waals surface area contributed by atoms with Crippen LogP contribution in [-0.2, 0) is 9.53 Å². The number of esters is 1. The third-order valence-electron chi connectivity index (χ3n) is 1.12. The highest BCUT2D eigenvalue weighted by atomic mass is 16.5. The van der Waals surface area contributed by atoms with Gasteiger partial charge < -0.3 is 10.1 Å². The first-order valence-electron chi connectivity index (χ1n) is 4.05. The molecule has 0 aliphatic heterocycles. The maximum atomic E-state index is 10.8. The summed E-state index contributed by atoms with van der Waals surface area (Å²) in [6, 6.07) is 0.337. The smallest absolute Gasteiger partial charge is 0.319 e. The van der Waals surface area contributed by atoms with E-state index in [9.17, 15) is 4.79 Å². The van der Waals surface area contributed by atoms with Crippen molar-refractivity contribution in [2.75, 3.05) is 13.2 Å². The first-order chi connectivity index (χ1) is 5.16. The molecule has 0 fully saturated rings. The third-order valence-corrected chi connectivity index (χ3v) is 1.12. The van der Waals surface area contributed by atoms with E-state index >= 15 is 0 Å². The summed E-state index contributed by atoms with van der Waals surface area (Å²) in [6.45, 7) is 6.81. The summed E-state index contributed by atoms with van der Waals surface area (Å²) in [6.07, 6.45) is 0.882. The second kappa shape index (κ2) is 6.16. The van der Waals surface area contributed by atoms with Crippen LogP contribution in [0.2, 0.25) is 0 Å². The average Bonchev–Trinajstić information content (AvgIpc) is 1.97. The molecule has 3 heteroatoms. The summed E-state index contributed by atoms with van der Waals surface area (Å²) < 4.78 is 4.84. The van der Waals surface area contributed by atoms with Crippen molar-refractivity contribution in [2.45, 2.75) is 33.2 Å². The van der Waals surface area contributed by atoms with Crippen LogP contribution in [0.15, 0.2) is 0 Å². The maximum Gasteiger partial charge on any atom is 0.319 e. The van der Waals surface area contributed by atoms with E-state index in [1.54, 1.807) is 0 Å². The van der Waals surface area contributed by atoms with Crippen molar-refractivity contribution < 1.29 is 9.53 Å². The van der Waals surface area contributed by atoms with E-state index in [4.69, 9.17) is 4.74 Å². The fourth-order valence-electron chi connectivity index (χ4n) is 0.554. The number of nitrogens with one attached hydrogen (secondary N) is 1. The summed E-state index contributed by atoms with van der Waals surface area (Å²) in [5, 5.41) is 2.98. The molecule has 0 bridgehead atoms. The standard InChI is InChI=1S/C8H17NO2/c1-4-5-11-8(10)6-9-7(2)3/h7,9H,4-6H2,1-3H3. The summed E-state index contributed by atoms with van der Waals surface area (Å²) in [7, 11) is 0. The second-order valence-corrected chi connectivity index (χ2v) is 2.76. The summed E-state index contributed by atoms with van der Waals surface area (Å²) in [5.74, 6) is -0.166. The number of ether oxygens (including phenoxy) is 1. The van der Waals surface area contributed by atoms with Crippen LogP contribution in [-0.4, -0.2) is 25.2 Å². The predicted molar refractivity (Wildman–Crippen MR) is 44.4 cm³/mol. The molecule has 0 saturated heterocycles. The topological polar surface area (TPSA) is 38.3 Å². The summed E-state index contributed by atoms with van der Waals surface area (Å²) in [4.78, 5) is 10.8. The lowest BCUT2D eigenvalue weighted by molar-refractivity contribution is -0.142. The zero-order valence-corrected chi connectivity index (χ0v) is 7.52. The van der Waals surface area contributed by atoms with Crippen LogP contribution >= 0.6 is 0 Å². The minimum absolute atomic E-state index is 0.166. The first-order valence-corrected chi connectivity index (χ1v) is 4.05. The van der Waals surface area contributed by atoms with Crippen molar-refractivity contribution in [1.82, 2.24) is 5.32 Å². The molecule has 0 aromatic heterocycles. The third kappa shape index (κ3) is 7.33. The molecule has 0 aliphatic rings. The van der Waals surface area contributed by atoms with Crippen molar-refractivity contribution in [3.63, 3.8) is 0 Å². The van der Waals surface area contributed by atoms with E-state index in [0.717, 1.165) is 6.42 Å². The Morgan fingerprint density at radius 2 is 2.18 bits per heavy atom. The molecule has 0 rings (SSSR count). The molecule has 0 saturated carbocycles. The van der Waals surface area contributed by atoms with E-state index in [1.165, 1.54) is 0 Å². The van der Waals surface area contributed by atoms with Crippen LogP contribution in [0.5, 0.6) is 0 Å². The van der Waals surface area contributed by atoms with E-state index in [1.807, 2.05) is 20.8 Å². The molecule has 0 heterocycles. The molecule has 0 radical (unpaired) electrons. The van der Waals surface area contributed by atoms with Gasteiger partial charge in [-0.3, -0.25) is 4.79 Å². The number of hydrogen-bond acceptors (Lipinski definition) is 3. The van der Waals surface area contributed by atoms with Gasteiger partial charge in [-0.15, -0.1) is 0 Å². The summed E-state index contributed by atoms with van der Waals surface area (Å²) >= 11 is 0. The SMILES string of the molecule is CCCOC(=O)CNC(C)C. The van der Waals surface area contributed by atoms with Crippen molar-refractivity contribution in [1.29, 1.82) is 0 Å². The van der Waals surface area contributed by atoms with Gasteiger partial charge >= 0.3 is 5.97 Å². The lowest BCUT2D eigenvalue weighted by atomic mass is 10.4. The molecule has 3 nitrogen and oxygen atoms in total. The van der Waals surface area contributed by atoms with Gasteiger partial charge in [0.25, 0.3) is 0 Å². The molecule has 11 heavy (non-hydrogen) atoms. The van der Waals surface area contributed by atoms with Crippen molar-refractivity contribution in [3.8, 4) is 0 Å². The first kappa shape index (κ1) is 10.4. The van der Waals surface area contributed by atoms with Crippen molar-refractivity contribution in [2.24, 2.45) is 0 Å². The van der Waals surface area contributed by atoms with Gasteiger partial charge in [-0.25, -0.2) is 0 Å². The zero-order valence-electron chi connectivity index (χ0n) is 7.52. The molecule has 0 aromatic rings. The van der Waals surface area contributed by atoms with Gasteiger partial charge in [-0.1, -0.05) is 20.8 Å². The van der Waals surface area contributed by atoms with Gasteiger partial charge in [0.2, 0.25) is 0 Å². The quantitative estimate of drug-likeness (QED) is 0.607. The molecule has 0 amide bonds. The largest absolute Gasteiger partial charge is 0.465 e. The molecular weight excluding hydrogens is 142 g/mol. The van der Waals surface area contributed by atoms with Gasteiger partial charge in [0.15, 0.2) is 0 Å². The van der Waals surface area contributed by atoms with Crippen LogP contribution in [0, 0.1) is 0 Å². The Bertz CT molecular complexity index is 113. The minimum atomic E-state index is -0.166. The number of hydrogen-bond donors (Lipinski definition) is 1. The highest BCUT2D eigenvalue weighted by molar-refractivity contribution is 5.71. The minimum Gasteiger partial charge on any atom is -0.465 e. The van der Waals surface area contributed by atoms with Gasteiger partial charge in [-0.2, -0.15) is 0 Å². The highest BCUT2D eigenvalue weighted by Gasteiger charge is 2.01. The van der Waals surface area contributed by atoms with Crippen LogP contribution in [0.25, 0.3) is 0 Å². The zero-order chi connectivity index (χ0) is 8.69. The lowest BCUT2D eigenvalue weighted by Gasteiger charge is -2.06. The highest BCUT2D eigenvalue weighted by Crippen LogP contribution is 1.82. The summed E-state index contributed by atoms with van der Waals surface area (Å²) in [5.41, 5.74) is 0. The van der Waals surface area contributed by atoms with E-state index < -0.39 is 0 Å². The Hall–Kier alpha value is -0.570. The Morgan fingerprint density at radius 3 is 2.64 bits per heavy atom. The molecule has 66 valence electrons. The predicted octanol–water partition coefficient (Wildman–Crippen LogP) is 0.938. The normalized spacial score (nSPS) is 10.2. The van der Waals surface area contributed by atoms with E-state index in [-0.39, 0.29) is 5.97 Å². The van der Waals surface area contributed by atoms with Crippen molar-refractivity contribution >= 4 is 5.97 Å². The van der Waals surface area contributed by atoms with Crippen molar-refractivity contribution in [3.05, 3.63) is 0 Å². The number of rotatable bonds is 5. The van der Waals surface area contributed by atoms with Crippen LogP contribution in [0.3, 0.4) is 0 Å². The van der Waals surface area contributed by atoms with Crippen LogP contribution in [0.4, 0.5) is 0 Å². The van der Waals surface area contributed by atoms with Gasteiger partial charge in [0, 0.05) is 6.04 Å². The van der Waals surface area contributed by atoms with Gasteiger partial charge in [0.05, 0.1) is 13.2 Å².